The topological polar surface area (TPSA) is 9.23 Å². The van der Waals surface area contributed by atoms with Crippen LogP contribution in [0.2, 0.25) is 0 Å². The lowest BCUT2D eigenvalue weighted by Gasteiger charge is -2.37. The van der Waals surface area contributed by atoms with E-state index in [1.165, 1.54) is 23.3 Å². The van der Waals surface area contributed by atoms with Crippen molar-refractivity contribution in [3.05, 3.63) is 66.2 Å². The smallest absolute Gasteiger partial charge is 0.143 e. The van der Waals surface area contributed by atoms with Crippen LogP contribution in [0.4, 0.5) is 0 Å². The van der Waals surface area contributed by atoms with Crippen molar-refractivity contribution in [3.8, 4) is 0 Å². The quantitative estimate of drug-likeness (QED) is 0.790. The van der Waals surface area contributed by atoms with Crippen LogP contribution in [0.1, 0.15) is 24.8 Å². The fraction of sp³-hybridized carbons (Fsp3) is 0.294. The highest BCUT2D eigenvalue weighted by atomic mass is 32.2. The maximum absolute atomic E-state index is 6.22. The molecule has 0 spiro atoms. The highest BCUT2D eigenvalue weighted by molar-refractivity contribution is 8.00. The van der Waals surface area contributed by atoms with Gasteiger partial charge in [0.05, 0.1) is 0 Å². The van der Waals surface area contributed by atoms with E-state index in [0.29, 0.717) is 0 Å². The SMILES string of the molecule is c1ccc(S[C@]2(c3ccccc3)CCCCO2)cc1. The molecule has 0 radical (unpaired) electrons. The maximum atomic E-state index is 6.22. The molecule has 1 atom stereocenters. The lowest BCUT2D eigenvalue weighted by molar-refractivity contribution is -0.0139. The van der Waals surface area contributed by atoms with Crippen molar-refractivity contribution in [3.63, 3.8) is 0 Å². The fourth-order valence-corrected chi connectivity index (χ4v) is 3.82. The zero-order valence-corrected chi connectivity index (χ0v) is 11.7. The molecular weight excluding hydrogens is 252 g/mol. The molecule has 19 heavy (non-hydrogen) atoms. The first kappa shape index (κ1) is 12.8. The summed E-state index contributed by atoms with van der Waals surface area (Å²) in [5.41, 5.74) is 1.28. The molecule has 0 amide bonds. The molecule has 1 saturated heterocycles. The number of hydrogen-bond acceptors (Lipinski definition) is 2. The number of ether oxygens (including phenoxy) is 1. The van der Waals surface area contributed by atoms with Gasteiger partial charge >= 0.3 is 0 Å². The van der Waals surface area contributed by atoms with Crippen molar-refractivity contribution >= 4 is 11.8 Å². The van der Waals surface area contributed by atoms with Gasteiger partial charge in [0.25, 0.3) is 0 Å². The van der Waals surface area contributed by atoms with E-state index in [4.69, 9.17) is 4.74 Å². The Morgan fingerprint density at radius 1 is 0.842 bits per heavy atom. The summed E-state index contributed by atoms with van der Waals surface area (Å²) < 4.78 is 6.22. The van der Waals surface area contributed by atoms with Gasteiger partial charge in [-0.05, 0) is 37.0 Å². The van der Waals surface area contributed by atoms with Gasteiger partial charge in [-0.15, -0.1) is 0 Å². The average Bonchev–Trinajstić information content (AvgIpc) is 2.50. The molecule has 0 unspecified atom stereocenters. The zero-order valence-electron chi connectivity index (χ0n) is 10.9. The lowest BCUT2D eigenvalue weighted by atomic mass is 10.0. The Morgan fingerprint density at radius 3 is 2.16 bits per heavy atom. The van der Waals surface area contributed by atoms with E-state index in [0.717, 1.165) is 13.0 Å². The van der Waals surface area contributed by atoms with Crippen molar-refractivity contribution in [2.75, 3.05) is 6.61 Å². The standard InChI is InChI=1S/C17H18OS/c1-3-9-15(10-4-1)17(13-7-8-14-18-17)19-16-11-5-2-6-12-16/h1-6,9-12H,7-8,13-14H2/t17-/m0/s1. The van der Waals surface area contributed by atoms with Crippen molar-refractivity contribution < 1.29 is 4.74 Å². The summed E-state index contributed by atoms with van der Waals surface area (Å²) >= 11 is 1.84. The molecule has 1 nitrogen and oxygen atoms in total. The molecule has 0 bridgehead atoms. The van der Waals surface area contributed by atoms with Crippen LogP contribution in [0.3, 0.4) is 0 Å². The zero-order chi connectivity index (χ0) is 13.0. The van der Waals surface area contributed by atoms with E-state index in [-0.39, 0.29) is 4.93 Å². The van der Waals surface area contributed by atoms with Crippen LogP contribution in [-0.2, 0) is 9.67 Å². The summed E-state index contributed by atoms with van der Waals surface area (Å²) in [6.07, 6.45) is 3.48. The van der Waals surface area contributed by atoms with Crippen molar-refractivity contribution in [2.45, 2.75) is 29.1 Å². The van der Waals surface area contributed by atoms with Crippen LogP contribution in [0.5, 0.6) is 0 Å². The minimum atomic E-state index is -0.207. The van der Waals surface area contributed by atoms with E-state index in [1.54, 1.807) is 0 Å². The lowest BCUT2D eigenvalue weighted by Crippen LogP contribution is -2.30. The Balaban J connectivity index is 1.93. The van der Waals surface area contributed by atoms with Crippen molar-refractivity contribution in [1.29, 1.82) is 0 Å². The van der Waals surface area contributed by atoms with E-state index in [2.05, 4.69) is 60.7 Å². The Hall–Kier alpha value is -1.25. The van der Waals surface area contributed by atoms with Crippen LogP contribution in [-0.4, -0.2) is 6.61 Å². The number of hydrogen-bond donors (Lipinski definition) is 0. The molecule has 2 heteroatoms. The Kier molecular flexibility index (Phi) is 3.90. The van der Waals surface area contributed by atoms with Crippen LogP contribution < -0.4 is 0 Å². The molecule has 0 aromatic heterocycles. The third-order valence-corrected chi connectivity index (χ3v) is 4.87. The highest BCUT2D eigenvalue weighted by Gasteiger charge is 2.36. The summed E-state index contributed by atoms with van der Waals surface area (Å²) in [6.45, 7) is 0.856. The maximum Gasteiger partial charge on any atom is 0.143 e. The molecule has 1 heterocycles. The number of thioether (sulfide) groups is 1. The second kappa shape index (κ2) is 5.81. The predicted octanol–water partition coefficient (Wildman–Crippen LogP) is 4.83. The Labute approximate surface area is 119 Å². The fourth-order valence-electron chi connectivity index (χ4n) is 2.51. The second-order valence-corrected chi connectivity index (χ2v) is 6.17. The number of rotatable bonds is 3. The molecule has 1 fully saturated rings. The summed E-state index contributed by atoms with van der Waals surface area (Å²) in [6, 6.07) is 21.2. The molecular formula is C17H18OS. The van der Waals surface area contributed by atoms with E-state index in [9.17, 15) is 0 Å². The molecule has 2 aromatic rings. The molecule has 0 aliphatic carbocycles. The van der Waals surface area contributed by atoms with Gasteiger partial charge in [-0.3, -0.25) is 0 Å². The molecule has 0 N–H and O–H groups in total. The summed E-state index contributed by atoms with van der Waals surface area (Å²) in [5.74, 6) is 0. The molecule has 3 rings (SSSR count). The molecule has 98 valence electrons. The van der Waals surface area contributed by atoms with Gasteiger partial charge < -0.3 is 4.74 Å². The monoisotopic (exact) mass is 270 g/mol. The van der Waals surface area contributed by atoms with E-state index in [1.807, 2.05) is 11.8 Å². The molecule has 2 aromatic carbocycles. The van der Waals surface area contributed by atoms with Crippen molar-refractivity contribution in [2.24, 2.45) is 0 Å². The van der Waals surface area contributed by atoms with E-state index < -0.39 is 0 Å². The van der Waals surface area contributed by atoms with Gasteiger partial charge in [0, 0.05) is 11.5 Å². The molecule has 1 aliphatic rings. The second-order valence-electron chi connectivity index (χ2n) is 4.84. The highest BCUT2D eigenvalue weighted by Crippen LogP contribution is 2.48. The molecule has 1 aliphatic heterocycles. The Bertz CT molecular complexity index is 503. The summed E-state index contributed by atoms with van der Waals surface area (Å²) in [4.78, 5) is 1.06. The first-order valence-corrected chi connectivity index (χ1v) is 7.64. The first-order valence-electron chi connectivity index (χ1n) is 6.83. The third-order valence-electron chi connectivity index (χ3n) is 3.47. The van der Waals surface area contributed by atoms with E-state index >= 15 is 0 Å². The summed E-state index contributed by atoms with van der Waals surface area (Å²) in [7, 11) is 0. The van der Waals surface area contributed by atoms with Gasteiger partial charge in [0.2, 0.25) is 0 Å². The van der Waals surface area contributed by atoms with Gasteiger partial charge in [0.15, 0.2) is 0 Å². The summed E-state index contributed by atoms with van der Waals surface area (Å²) in [5, 5.41) is 0. The normalized spacial score (nSPS) is 23.2. The van der Waals surface area contributed by atoms with Crippen LogP contribution >= 0.6 is 11.8 Å². The first-order chi connectivity index (χ1) is 9.39. The largest absolute Gasteiger partial charge is 0.360 e. The minimum Gasteiger partial charge on any atom is -0.360 e. The molecule has 0 saturated carbocycles. The van der Waals surface area contributed by atoms with Crippen LogP contribution in [0, 0.1) is 0 Å². The van der Waals surface area contributed by atoms with Crippen LogP contribution in [0.25, 0.3) is 0 Å². The van der Waals surface area contributed by atoms with Gasteiger partial charge in [-0.1, -0.05) is 60.3 Å². The number of benzene rings is 2. The Morgan fingerprint density at radius 2 is 1.53 bits per heavy atom. The van der Waals surface area contributed by atoms with Crippen molar-refractivity contribution in [1.82, 2.24) is 0 Å². The minimum absolute atomic E-state index is 0.207. The predicted molar refractivity (Wildman–Crippen MR) is 80.2 cm³/mol. The van der Waals surface area contributed by atoms with Gasteiger partial charge in [-0.25, -0.2) is 0 Å². The van der Waals surface area contributed by atoms with Crippen LogP contribution in [0.15, 0.2) is 65.6 Å². The van der Waals surface area contributed by atoms with Gasteiger partial charge in [-0.2, -0.15) is 0 Å². The van der Waals surface area contributed by atoms with Gasteiger partial charge in [0.1, 0.15) is 4.93 Å². The third kappa shape index (κ3) is 2.85. The average molecular weight is 270 g/mol.